The molecular weight excluding hydrogens is 761 g/mol. The Morgan fingerprint density at radius 1 is 0.548 bits per heavy atom. The van der Waals surface area contributed by atoms with Crippen LogP contribution in [0.1, 0.15) is 215 Å². The summed E-state index contributed by atoms with van der Waals surface area (Å²) < 4.78 is 23.4. The fourth-order valence-corrected chi connectivity index (χ4v) is 9.31. The number of ether oxygens (including phenoxy) is 2. The summed E-state index contributed by atoms with van der Waals surface area (Å²) in [5.74, 6) is 0. The van der Waals surface area contributed by atoms with Crippen LogP contribution in [-0.4, -0.2) is 47.4 Å². The summed E-state index contributed by atoms with van der Waals surface area (Å²) in [6.07, 6.45) is 52.9. The molecule has 1 aromatic rings. The molecule has 4 aliphatic heterocycles. The molecule has 8 bridgehead atoms. The van der Waals surface area contributed by atoms with Crippen LogP contribution in [-0.2, 0) is 9.47 Å². The van der Waals surface area contributed by atoms with Gasteiger partial charge in [-0.25, -0.2) is 9.98 Å². The van der Waals surface area contributed by atoms with Crippen LogP contribution >= 0.6 is 0 Å². The number of H-pyrrole nitrogens is 1. The van der Waals surface area contributed by atoms with E-state index in [0.717, 1.165) is 57.6 Å². The molecule has 0 fully saturated rings. The zero-order valence-corrected chi connectivity index (χ0v) is 39.9. The summed E-state index contributed by atoms with van der Waals surface area (Å²) in [5.41, 5.74) is 4.49. The van der Waals surface area contributed by atoms with Crippen molar-refractivity contribution in [2.45, 2.75) is 232 Å². The van der Waals surface area contributed by atoms with Gasteiger partial charge in [0.2, 0.25) is 0 Å². The second-order valence-electron chi connectivity index (χ2n) is 18.8. The highest BCUT2D eigenvalue weighted by Crippen LogP contribution is 2.38. The lowest BCUT2D eigenvalue weighted by molar-refractivity contribution is 0.0163. The third kappa shape index (κ3) is 18.1. The molecule has 2 N–H and O–H groups in total. The topological polar surface area (TPSA) is 71.0 Å². The number of aliphatic imine (C=N–C) groups is 2. The van der Waals surface area contributed by atoms with E-state index in [-0.39, 0.29) is 12.2 Å². The average molecular weight is 850 g/mol. The van der Waals surface area contributed by atoms with Crippen molar-refractivity contribution >= 4 is 23.6 Å². The molecule has 0 amide bonds. The number of hydrogen-bond donors (Lipinski definition) is 2. The molecule has 6 nitrogen and oxygen atoms in total. The fraction of sp³-hybridized carbons (Fsp3) is 0.679. The van der Waals surface area contributed by atoms with Gasteiger partial charge in [-0.15, -0.1) is 0 Å². The Bertz CT molecular complexity index is 1830. The Morgan fingerprint density at radius 2 is 0.968 bits per heavy atom. The number of aromatic amines is 1. The second kappa shape index (κ2) is 29.3. The zero-order chi connectivity index (χ0) is 44.4. The lowest BCUT2D eigenvalue weighted by atomic mass is 9.86. The lowest BCUT2D eigenvalue weighted by Gasteiger charge is -2.35. The smallest absolute Gasteiger partial charge is 0.0878 e. The maximum absolute atomic E-state index is 10.1. The Labute approximate surface area is 380 Å². The van der Waals surface area contributed by atoms with Gasteiger partial charge in [-0.3, -0.25) is 0 Å². The average Bonchev–Trinajstić information content (AvgIpc) is 4.08. The number of rotatable bonds is 34. The fourth-order valence-electron chi connectivity index (χ4n) is 9.31. The van der Waals surface area contributed by atoms with Gasteiger partial charge >= 0.3 is 0 Å². The van der Waals surface area contributed by atoms with Crippen LogP contribution in [0.3, 0.4) is 0 Å². The van der Waals surface area contributed by atoms with Gasteiger partial charge in [0.15, 0.2) is 0 Å². The molecular formula is C56H88N4O2. The Morgan fingerprint density at radius 3 is 1.45 bits per heavy atom. The molecule has 4 aliphatic rings. The molecule has 6 heteroatoms. The van der Waals surface area contributed by atoms with Gasteiger partial charge in [0, 0.05) is 37.4 Å². The summed E-state index contributed by atoms with van der Waals surface area (Å²) in [4.78, 5) is 13.5. The van der Waals surface area contributed by atoms with E-state index in [2.05, 4.69) is 98.7 Å². The summed E-state index contributed by atoms with van der Waals surface area (Å²) in [6, 6.07) is 4.16. The predicted molar refractivity (Wildman–Crippen MR) is 267 cm³/mol. The van der Waals surface area contributed by atoms with Crippen molar-refractivity contribution in [3.05, 3.63) is 82.0 Å². The number of allylic oxidation sites excluding steroid dienone is 5. The minimum Gasteiger partial charge on any atom is -0.376 e. The van der Waals surface area contributed by atoms with E-state index >= 15 is 0 Å². The molecule has 4 atom stereocenters. The molecule has 5 rings (SSSR count). The van der Waals surface area contributed by atoms with Crippen LogP contribution in [0.2, 0.25) is 0 Å². The normalized spacial score (nSPS) is 23.1. The lowest BCUT2D eigenvalue weighted by Crippen LogP contribution is -2.49. The first-order valence-electron chi connectivity index (χ1n) is 26.5. The summed E-state index contributed by atoms with van der Waals surface area (Å²) >= 11 is 0. The van der Waals surface area contributed by atoms with Crippen LogP contribution < -0.4 is 16.0 Å². The number of fused-ring (bicyclic) bond motifs is 6. The van der Waals surface area contributed by atoms with Gasteiger partial charge in [-0.05, 0) is 93.0 Å². The van der Waals surface area contributed by atoms with E-state index in [1.54, 1.807) is 0 Å². The van der Waals surface area contributed by atoms with Crippen molar-refractivity contribution in [3.63, 3.8) is 0 Å². The first kappa shape index (κ1) is 48.2. The van der Waals surface area contributed by atoms with Crippen molar-refractivity contribution in [2.24, 2.45) is 9.98 Å². The number of aromatic nitrogens is 1. The highest BCUT2D eigenvalue weighted by Gasteiger charge is 2.43. The third-order valence-electron chi connectivity index (χ3n) is 13.3. The van der Waals surface area contributed by atoms with Crippen LogP contribution in [0.4, 0.5) is 0 Å². The highest BCUT2D eigenvalue weighted by molar-refractivity contribution is 6.20. The van der Waals surface area contributed by atoms with Crippen LogP contribution in [0, 0.1) is 0 Å². The van der Waals surface area contributed by atoms with Crippen molar-refractivity contribution < 1.29 is 10.8 Å². The largest absolute Gasteiger partial charge is 0.376 e. The molecule has 344 valence electrons. The van der Waals surface area contributed by atoms with E-state index < -0.39 is 11.9 Å². The Hall–Kier alpha value is -3.22. The molecule has 0 aliphatic carbocycles. The van der Waals surface area contributed by atoms with E-state index in [9.17, 15) is 1.37 Å². The van der Waals surface area contributed by atoms with E-state index in [4.69, 9.17) is 19.5 Å². The van der Waals surface area contributed by atoms with Crippen LogP contribution in [0.25, 0.3) is 12.2 Å². The Balaban J connectivity index is 1.17. The van der Waals surface area contributed by atoms with Crippen LogP contribution in [0.15, 0.2) is 81.2 Å². The zero-order valence-electron chi connectivity index (χ0n) is 40.9. The maximum atomic E-state index is 10.1. The van der Waals surface area contributed by atoms with Gasteiger partial charge < -0.3 is 19.8 Å². The highest BCUT2D eigenvalue weighted by atomic mass is 16.5. The van der Waals surface area contributed by atoms with Crippen molar-refractivity contribution in [3.8, 4) is 0 Å². The van der Waals surface area contributed by atoms with Crippen molar-refractivity contribution in [1.29, 1.82) is 0 Å². The number of nitrogens with zero attached hydrogens (tertiary/aromatic N) is 2. The summed E-state index contributed by atoms with van der Waals surface area (Å²) in [7, 11) is 0. The molecule has 0 saturated heterocycles. The van der Waals surface area contributed by atoms with Gasteiger partial charge in [0.05, 0.1) is 40.6 Å². The van der Waals surface area contributed by atoms with E-state index in [1.165, 1.54) is 167 Å². The number of unbranched alkanes of at least 4 members (excludes halogenated alkanes) is 26. The van der Waals surface area contributed by atoms with Gasteiger partial charge in [0.1, 0.15) is 0 Å². The minimum atomic E-state index is -0.847. The van der Waals surface area contributed by atoms with Crippen LogP contribution in [0.5, 0.6) is 0 Å². The van der Waals surface area contributed by atoms with Gasteiger partial charge in [0.25, 0.3) is 0 Å². The first-order chi connectivity index (χ1) is 30.9. The minimum absolute atomic E-state index is 0.238. The number of hydrogen-bond acceptors (Lipinski definition) is 5. The monoisotopic (exact) mass is 850 g/mol. The van der Waals surface area contributed by atoms with Gasteiger partial charge in [-0.2, -0.15) is 0 Å². The Kier molecular flexibility index (Phi) is 22.8. The predicted octanol–water partition coefficient (Wildman–Crippen LogP) is 14.1. The molecule has 4 unspecified atom stereocenters. The van der Waals surface area contributed by atoms with Gasteiger partial charge in [-0.1, -0.05) is 181 Å². The SMILES string of the molecule is [2H]C1C(C(C)OCCCCCCCCCCCCCCCC)=C2/C=C3/C=CC(=N3)/C=c3/cc/c([nH]3)=C/C3=NC(=C\C1(C(C)OCCCCCCCCCCCCCCCC)N2)/C=C3. The van der Waals surface area contributed by atoms with E-state index in [1.807, 2.05) is 0 Å². The third-order valence-corrected chi connectivity index (χ3v) is 13.3. The molecule has 62 heavy (non-hydrogen) atoms. The molecule has 0 saturated carbocycles. The van der Waals surface area contributed by atoms with Crippen molar-refractivity contribution in [1.82, 2.24) is 10.3 Å². The number of nitrogens with one attached hydrogen (secondary N) is 2. The molecule has 1 aromatic heterocycles. The molecule has 0 radical (unpaired) electrons. The molecule has 0 spiro atoms. The molecule has 0 aromatic carbocycles. The maximum Gasteiger partial charge on any atom is 0.0878 e. The first-order valence-corrected chi connectivity index (χ1v) is 26.0. The van der Waals surface area contributed by atoms with Crippen molar-refractivity contribution in [2.75, 3.05) is 13.2 Å². The standard InChI is InChI=1S/C56H88N4O2/c1-5-7-9-11-13-15-17-19-21-23-25-27-29-31-39-61-46(3)54-45-56(47(4)62-40-32-30-28-26-24-22-20-18-16-14-12-10-8-6-2)44-53-38-37-51(59-53)42-49-34-33-48(57-49)41-50-35-36-52(58-50)43-55(54)60-56/h33-38,41-44,46-47,57,60H,5-32,39-40,45H2,1-4H3/b48-41-,49-42-,52-43-,53-44-/i45D. The molecule has 5 heterocycles. The summed E-state index contributed by atoms with van der Waals surface area (Å²) in [6.45, 7) is 10.2. The quantitative estimate of drug-likeness (QED) is 0.0679. The second-order valence-corrected chi connectivity index (χ2v) is 18.8. The van der Waals surface area contributed by atoms with E-state index in [0.29, 0.717) is 13.2 Å². The summed E-state index contributed by atoms with van der Waals surface area (Å²) in [5, 5.41) is 5.88.